The van der Waals surface area contributed by atoms with Crippen LogP contribution in [-0.2, 0) is 34.6 Å². The molecule has 4 fully saturated rings. The predicted octanol–water partition coefficient (Wildman–Crippen LogP) is 7.02. The predicted molar refractivity (Wildman–Crippen MR) is 237 cm³/mol. The Morgan fingerprint density at radius 1 is 0.984 bits per heavy atom. The molecule has 3 aromatic heterocycles. The molecule has 16 nitrogen and oxygen atoms in total. The summed E-state index contributed by atoms with van der Waals surface area (Å²) in [5.74, 6) is -0.611. The molecule has 342 valence electrons. The second-order valence-electron chi connectivity index (χ2n) is 19.7. The smallest absolute Gasteiger partial charge is 0.408 e. The maximum Gasteiger partial charge on any atom is 0.408 e. The fourth-order valence-electron chi connectivity index (χ4n) is 9.28. The number of aromatic nitrogens is 2. The highest BCUT2D eigenvalue weighted by atomic mass is 32.2. The molecule has 1 saturated heterocycles. The van der Waals surface area contributed by atoms with Crippen LogP contribution in [0.3, 0.4) is 0 Å². The lowest BCUT2D eigenvalue weighted by Gasteiger charge is -2.30. The molecule has 0 spiro atoms. The first-order valence-electron chi connectivity index (χ1n) is 22.7. The van der Waals surface area contributed by atoms with Gasteiger partial charge in [-0.1, -0.05) is 57.9 Å². The van der Waals surface area contributed by atoms with Crippen molar-refractivity contribution in [2.45, 2.75) is 158 Å². The van der Waals surface area contributed by atoms with Crippen LogP contribution in [0.4, 0.5) is 4.79 Å². The maximum absolute atomic E-state index is 14.9. The number of carbonyl (C=O) groups excluding carboxylic acids is 4. The van der Waals surface area contributed by atoms with Gasteiger partial charge in [-0.15, -0.1) is 0 Å². The molecule has 4 amide bonds. The zero-order chi connectivity index (χ0) is 45.2. The van der Waals surface area contributed by atoms with Gasteiger partial charge in [0.05, 0.1) is 16.9 Å². The van der Waals surface area contributed by atoms with Crippen LogP contribution < -0.4 is 20.1 Å². The Labute approximate surface area is 372 Å². The van der Waals surface area contributed by atoms with Crippen LogP contribution in [0.5, 0.6) is 5.88 Å². The van der Waals surface area contributed by atoms with Gasteiger partial charge in [-0.25, -0.2) is 18.2 Å². The first-order chi connectivity index (χ1) is 30.4. The van der Waals surface area contributed by atoms with E-state index >= 15 is 0 Å². The van der Waals surface area contributed by atoms with Crippen molar-refractivity contribution in [1.29, 1.82) is 0 Å². The number of sulfonamides is 1. The topological polar surface area (TPSA) is 212 Å². The number of rotatable bonds is 8. The number of benzene rings is 1. The van der Waals surface area contributed by atoms with Crippen LogP contribution in [0.2, 0.25) is 0 Å². The van der Waals surface area contributed by atoms with Gasteiger partial charge < -0.3 is 33.8 Å². The molecule has 17 heteroatoms. The van der Waals surface area contributed by atoms with Crippen LogP contribution in [-0.4, -0.2) is 88.2 Å². The molecule has 0 bridgehead atoms. The van der Waals surface area contributed by atoms with Crippen molar-refractivity contribution in [1.82, 2.24) is 30.2 Å². The summed E-state index contributed by atoms with van der Waals surface area (Å²) in [7, 11) is -4.03. The number of alkyl carbamates (subject to hydrolysis) is 1. The van der Waals surface area contributed by atoms with Gasteiger partial charge in [0.15, 0.2) is 5.82 Å². The Balaban J connectivity index is 1.07. The number of hydrogen-bond donors (Lipinski definition) is 3. The van der Waals surface area contributed by atoms with E-state index in [-0.39, 0.29) is 42.4 Å². The fourth-order valence-corrected chi connectivity index (χ4v) is 10.6. The standard InChI is InChI=1S/C47H58N6O10S/c1-27-32(24-36(60-27)45(2,3)4)39-49-37-31-18-13-14-20-35(31)63-38(37)41(50-39)61-30-23-34-40(54)51-47(43(56)52-64(58,59)46(5)21-22-46)25-28(47)15-9-7-6-8-10-19-33(42(55)53(34)26-30)48-44(57)62-29-16-11-12-17-29/h9,13-15,18,20,24,28-30,33-34H,6-8,10-12,16-17,19,21-23,25-26H2,1-5H3,(H,48,57)(H,51,54)(H,52,56)/b15-9-/t28-,30+,33-,34-,47+/m0/s1. The lowest BCUT2D eigenvalue weighted by Crippen LogP contribution is -2.58. The van der Waals surface area contributed by atoms with Crippen LogP contribution in [0, 0.1) is 12.8 Å². The summed E-state index contributed by atoms with van der Waals surface area (Å²) in [5.41, 5.74) is 0.179. The number of aryl methyl sites for hydroxylation is 1. The average molecular weight is 899 g/mol. The Bertz CT molecular complexity index is 2640. The first kappa shape index (κ1) is 43.8. The molecule has 64 heavy (non-hydrogen) atoms. The van der Waals surface area contributed by atoms with Crippen molar-refractivity contribution in [2.24, 2.45) is 5.92 Å². The number of allylic oxidation sites excluding steroid dienone is 1. The van der Waals surface area contributed by atoms with Crippen molar-refractivity contribution in [3.8, 4) is 17.3 Å². The van der Waals surface area contributed by atoms with Crippen molar-refractivity contribution in [3.05, 3.63) is 54.0 Å². The van der Waals surface area contributed by atoms with Gasteiger partial charge in [0.25, 0.3) is 11.8 Å². The molecule has 2 aliphatic heterocycles. The minimum absolute atomic E-state index is 0.0225. The fraction of sp³-hybridized carbons (Fsp3) is 0.574. The minimum Gasteiger partial charge on any atom is -0.470 e. The Morgan fingerprint density at radius 3 is 2.47 bits per heavy atom. The molecule has 5 heterocycles. The summed E-state index contributed by atoms with van der Waals surface area (Å²) < 4.78 is 52.8. The molecule has 5 aliphatic rings. The maximum atomic E-state index is 14.9. The van der Waals surface area contributed by atoms with Gasteiger partial charge in [0.2, 0.25) is 27.4 Å². The van der Waals surface area contributed by atoms with Gasteiger partial charge in [-0.2, -0.15) is 4.98 Å². The third-order valence-electron chi connectivity index (χ3n) is 13.7. The number of hydrogen-bond acceptors (Lipinski definition) is 12. The Hall–Kier alpha value is -5.45. The first-order valence-corrected chi connectivity index (χ1v) is 24.2. The molecule has 3 aliphatic carbocycles. The summed E-state index contributed by atoms with van der Waals surface area (Å²) in [5, 5.41) is 6.50. The largest absolute Gasteiger partial charge is 0.470 e. The monoisotopic (exact) mass is 898 g/mol. The van der Waals surface area contributed by atoms with Crippen molar-refractivity contribution in [3.63, 3.8) is 0 Å². The quantitative estimate of drug-likeness (QED) is 0.152. The van der Waals surface area contributed by atoms with E-state index < -0.39 is 68.2 Å². The van der Waals surface area contributed by atoms with Crippen molar-refractivity contribution < 1.29 is 45.9 Å². The summed E-state index contributed by atoms with van der Waals surface area (Å²) >= 11 is 0. The highest BCUT2D eigenvalue weighted by molar-refractivity contribution is 7.91. The zero-order valence-electron chi connectivity index (χ0n) is 37.2. The van der Waals surface area contributed by atoms with Crippen LogP contribution in [0.25, 0.3) is 33.5 Å². The van der Waals surface area contributed by atoms with Crippen LogP contribution >= 0.6 is 0 Å². The molecule has 9 rings (SSSR count). The van der Waals surface area contributed by atoms with E-state index in [2.05, 4.69) is 36.1 Å². The molecule has 1 aromatic carbocycles. The van der Waals surface area contributed by atoms with Gasteiger partial charge in [0, 0.05) is 23.1 Å². The number of ether oxygens (including phenoxy) is 2. The number of carbonyl (C=O) groups is 4. The third-order valence-corrected chi connectivity index (χ3v) is 15.9. The molecular formula is C47H58N6O10S. The van der Waals surface area contributed by atoms with Crippen molar-refractivity contribution in [2.75, 3.05) is 6.54 Å². The number of nitrogens with one attached hydrogen (secondary N) is 3. The molecule has 5 atom stereocenters. The zero-order valence-corrected chi connectivity index (χ0v) is 38.0. The normalized spacial score (nSPS) is 26.9. The lowest BCUT2D eigenvalue weighted by molar-refractivity contribution is -0.141. The summed E-state index contributed by atoms with van der Waals surface area (Å²) in [6, 6.07) is 7.18. The number of furan rings is 2. The highest BCUT2D eigenvalue weighted by Gasteiger charge is 2.63. The summed E-state index contributed by atoms with van der Waals surface area (Å²) in [6.45, 7) is 9.51. The van der Waals surface area contributed by atoms with Crippen LogP contribution in [0.1, 0.15) is 123 Å². The molecule has 4 aromatic rings. The average Bonchev–Trinajstić information content (AvgIpc) is 3.75. The number of nitrogens with zero attached hydrogens (tertiary/aromatic N) is 3. The Morgan fingerprint density at radius 2 is 1.73 bits per heavy atom. The van der Waals surface area contributed by atoms with E-state index in [0.29, 0.717) is 60.4 Å². The molecule has 0 radical (unpaired) electrons. The van der Waals surface area contributed by atoms with E-state index in [4.69, 9.17) is 28.3 Å². The van der Waals surface area contributed by atoms with Gasteiger partial charge in [-0.05, 0) is 96.3 Å². The molecular weight excluding hydrogens is 841 g/mol. The van der Waals surface area contributed by atoms with E-state index in [1.54, 1.807) is 6.92 Å². The van der Waals surface area contributed by atoms with E-state index in [1.807, 2.05) is 49.4 Å². The Kier molecular flexibility index (Phi) is 11.3. The number of para-hydroxylation sites is 1. The lowest BCUT2D eigenvalue weighted by atomic mass is 9.93. The third kappa shape index (κ3) is 8.47. The van der Waals surface area contributed by atoms with E-state index in [0.717, 1.165) is 49.7 Å². The second kappa shape index (κ2) is 16.5. The highest BCUT2D eigenvalue weighted by Crippen LogP contribution is 2.48. The minimum atomic E-state index is -4.03. The van der Waals surface area contributed by atoms with Crippen LogP contribution in [0.15, 0.2) is 51.3 Å². The number of amides is 4. The molecule has 3 N–H and O–H groups in total. The summed E-state index contributed by atoms with van der Waals surface area (Å²) in [4.78, 5) is 68.3. The van der Waals surface area contributed by atoms with E-state index in [9.17, 15) is 27.6 Å². The second-order valence-corrected chi connectivity index (χ2v) is 21.9. The van der Waals surface area contributed by atoms with Crippen molar-refractivity contribution >= 4 is 55.9 Å². The van der Waals surface area contributed by atoms with Gasteiger partial charge >= 0.3 is 6.09 Å². The van der Waals surface area contributed by atoms with Gasteiger partial charge in [0.1, 0.15) is 52.5 Å². The number of fused-ring (bicyclic) bond motifs is 5. The summed E-state index contributed by atoms with van der Waals surface area (Å²) in [6.07, 6.45) is 9.66. The molecule has 0 unspecified atom stereocenters. The van der Waals surface area contributed by atoms with Gasteiger partial charge in [-0.3, -0.25) is 19.1 Å². The van der Waals surface area contributed by atoms with E-state index in [1.165, 1.54) is 4.90 Å². The molecule has 3 saturated carbocycles. The SMILES string of the molecule is Cc1oc(C(C)(C)C)cc1-c1nc(O[C@@H]2C[C@H]3C(=O)N[C@]4(C(=O)NS(=O)(=O)C5(C)CC5)C[C@@H]4/C=C\CCCCC[C@H](NC(=O)OC4CCCC4)C(=O)N3C2)c2oc3ccccc3c2n1.